The van der Waals surface area contributed by atoms with Crippen LogP contribution < -0.4 is 0 Å². The van der Waals surface area contributed by atoms with E-state index >= 15 is 0 Å². The summed E-state index contributed by atoms with van der Waals surface area (Å²) in [5, 5.41) is 0. The molecule has 0 aromatic carbocycles. The lowest BCUT2D eigenvalue weighted by molar-refractivity contribution is -0.148. The van der Waals surface area contributed by atoms with Gasteiger partial charge >= 0.3 is 5.97 Å². The first kappa shape index (κ1) is 12.7. The van der Waals surface area contributed by atoms with E-state index in [4.69, 9.17) is 4.74 Å². The lowest BCUT2D eigenvalue weighted by atomic mass is 9.77. The standard InChI is InChI=1S/C12H17IO2/c1-10(9-13)8-12(11(14)15-2)6-4-3-5-7-12/h4-7,10H,3,8-9H2,1-2H3. The molecule has 0 fully saturated rings. The lowest BCUT2D eigenvalue weighted by Crippen LogP contribution is -2.31. The minimum absolute atomic E-state index is 0.147. The fourth-order valence-electron chi connectivity index (χ4n) is 1.87. The van der Waals surface area contributed by atoms with Crippen LogP contribution in [0.25, 0.3) is 0 Å². The Morgan fingerprint density at radius 1 is 1.53 bits per heavy atom. The molecular formula is C12H17IO2. The molecule has 0 heterocycles. The van der Waals surface area contributed by atoms with Crippen LogP contribution in [0.2, 0.25) is 0 Å². The Balaban J connectivity index is 2.86. The summed E-state index contributed by atoms with van der Waals surface area (Å²) in [7, 11) is 1.45. The third-order valence-electron chi connectivity index (χ3n) is 2.62. The molecule has 0 radical (unpaired) electrons. The molecule has 1 rings (SSSR count). The van der Waals surface area contributed by atoms with E-state index in [0.717, 1.165) is 17.3 Å². The largest absolute Gasteiger partial charge is 0.468 e. The Morgan fingerprint density at radius 3 is 2.60 bits per heavy atom. The molecule has 0 spiro atoms. The molecule has 0 bridgehead atoms. The average Bonchev–Trinajstić information content (AvgIpc) is 2.29. The number of carbonyl (C=O) groups excluding carboxylic acids is 1. The molecule has 1 aliphatic rings. The Labute approximate surface area is 105 Å². The minimum Gasteiger partial charge on any atom is -0.468 e. The van der Waals surface area contributed by atoms with Crippen molar-refractivity contribution >= 4 is 28.6 Å². The maximum absolute atomic E-state index is 11.8. The predicted octanol–water partition coefficient (Wildman–Crippen LogP) is 3.12. The van der Waals surface area contributed by atoms with E-state index in [1.807, 2.05) is 24.3 Å². The van der Waals surface area contributed by atoms with Crippen molar-refractivity contribution in [3.8, 4) is 0 Å². The van der Waals surface area contributed by atoms with E-state index in [9.17, 15) is 4.79 Å². The van der Waals surface area contributed by atoms with Gasteiger partial charge in [-0.15, -0.1) is 0 Å². The Morgan fingerprint density at radius 2 is 2.13 bits per heavy atom. The molecule has 0 amide bonds. The number of esters is 1. The molecule has 84 valence electrons. The molecule has 2 nitrogen and oxygen atoms in total. The third-order valence-corrected chi connectivity index (χ3v) is 4.12. The third kappa shape index (κ3) is 3.06. The Hall–Kier alpha value is -0.320. The highest BCUT2D eigenvalue weighted by Gasteiger charge is 2.36. The second kappa shape index (κ2) is 5.68. The van der Waals surface area contributed by atoms with Crippen LogP contribution in [0.5, 0.6) is 0 Å². The molecule has 1 aliphatic carbocycles. The van der Waals surface area contributed by atoms with Crippen LogP contribution in [0.4, 0.5) is 0 Å². The number of carbonyl (C=O) groups is 1. The quantitative estimate of drug-likeness (QED) is 0.344. The molecule has 3 heteroatoms. The summed E-state index contributed by atoms with van der Waals surface area (Å²) < 4.78 is 5.95. The number of ether oxygens (including phenoxy) is 1. The highest BCUT2D eigenvalue weighted by Crippen LogP contribution is 2.34. The van der Waals surface area contributed by atoms with Crippen molar-refractivity contribution in [2.45, 2.75) is 19.8 Å². The fraction of sp³-hybridized carbons (Fsp3) is 0.583. The van der Waals surface area contributed by atoms with Gasteiger partial charge in [0.05, 0.1) is 7.11 Å². The molecule has 0 saturated carbocycles. The van der Waals surface area contributed by atoms with Crippen LogP contribution in [-0.2, 0) is 9.53 Å². The van der Waals surface area contributed by atoms with Crippen molar-refractivity contribution < 1.29 is 9.53 Å². The van der Waals surface area contributed by atoms with E-state index in [-0.39, 0.29) is 5.97 Å². The number of halogens is 1. The molecular weight excluding hydrogens is 303 g/mol. The molecule has 0 aromatic heterocycles. The molecule has 0 aromatic rings. The molecule has 0 saturated heterocycles. The van der Waals surface area contributed by atoms with Crippen molar-refractivity contribution in [3.63, 3.8) is 0 Å². The highest BCUT2D eigenvalue weighted by atomic mass is 127. The zero-order chi connectivity index (χ0) is 11.3. The highest BCUT2D eigenvalue weighted by molar-refractivity contribution is 14.1. The summed E-state index contributed by atoms with van der Waals surface area (Å²) in [5.41, 5.74) is -0.516. The van der Waals surface area contributed by atoms with Gasteiger partial charge in [-0.1, -0.05) is 53.8 Å². The number of methoxy groups -OCH3 is 1. The number of allylic oxidation sites excluding steroid dienone is 2. The van der Waals surface area contributed by atoms with Gasteiger partial charge in [-0.25, -0.2) is 0 Å². The summed E-state index contributed by atoms with van der Waals surface area (Å²) in [6.45, 7) is 2.16. The van der Waals surface area contributed by atoms with Gasteiger partial charge < -0.3 is 4.74 Å². The van der Waals surface area contributed by atoms with Crippen LogP contribution in [0, 0.1) is 11.3 Å². The maximum atomic E-state index is 11.8. The van der Waals surface area contributed by atoms with Crippen molar-refractivity contribution in [1.82, 2.24) is 0 Å². The van der Waals surface area contributed by atoms with E-state index < -0.39 is 5.41 Å². The number of rotatable bonds is 4. The fourth-order valence-corrected chi connectivity index (χ4v) is 2.18. The Bertz CT molecular complexity index is 269. The molecule has 0 N–H and O–H groups in total. The molecule has 1 atom stereocenters. The summed E-state index contributed by atoms with van der Waals surface area (Å²) in [5.74, 6) is 0.364. The van der Waals surface area contributed by atoms with Crippen LogP contribution >= 0.6 is 22.6 Å². The first-order chi connectivity index (χ1) is 7.14. The van der Waals surface area contributed by atoms with Gasteiger partial charge in [-0.05, 0) is 18.8 Å². The van der Waals surface area contributed by atoms with Crippen LogP contribution in [-0.4, -0.2) is 17.5 Å². The van der Waals surface area contributed by atoms with Crippen molar-refractivity contribution in [2.75, 3.05) is 11.5 Å². The van der Waals surface area contributed by atoms with Gasteiger partial charge in [0.15, 0.2) is 0 Å². The number of alkyl halides is 1. The summed E-state index contributed by atoms with van der Waals surface area (Å²) >= 11 is 2.35. The maximum Gasteiger partial charge on any atom is 0.319 e. The van der Waals surface area contributed by atoms with Crippen LogP contribution in [0.1, 0.15) is 19.8 Å². The lowest BCUT2D eigenvalue weighted by Gasteiger charge is -2.28. The topological polar surface area (TPSA) is 26.3 Å². The van der Waals surface area contributed by atoms with Crippen molar-refractivity contribution in [1.29, 1.82) is 0 Å². The van der Waals surface area contributed by atoms with E-state index in [1.165, 1.54) is 7.11 Å². The summed E-state index contributed by atoms with van der Waals surface area (Å²) in [6.07, 6.45) is 9.80. The summed E-state index contributed by atoms with van der Waals surface area (Å²) in [4.78, 5) is 11.8. The van der Waals surface area contributed by atoms with E-state index in [0.29, 0.717) is 5.92 Å². The van der Waals surface area contributed by atoms with E-state index in [1.54, 1.807) is 0 Å². The van der Waals surface area contributed by atoms with Gasteiger partial charge in [-0.3, -0.25) is 4.79 Å². The average molecular weight is 320 g/mol. The Kier molecular flexibility index (Phi) is 4.83. The van der Waals surface area contributed by atoms with Gasteiger partial charge in [-0.2, -0.15) is 0 Å². The molecule has 1 unspecified atom stereocenters. The van der Waals surface area contributed by atoms with Gasteiger partial charge in [0.1, 0.15) is 5.41 Å². The smallest absolute Gasteiger partial charge is 0.319 e. The molecule has 0 aliphatic heterocycles. The normalized spacial score (nSPS) is 19.9. The SMILES string of the molecule is COC(=O)C1(CC(C)CI)C=CCC=C1. The van der Waals surface area contributed by atoms with Crippen LogP contribution in [0.15, 0.2) is 24.3 Å². The van der Waals surface area contributed by atoms with Gasteiger partial charge in [0, 0.05) is 4.43 Å². The second-order valence-corrected chi connectivity index (χ2v) is 4.92. The predicted molar refractivity (Wildman–Crippen MR) is 70.0 cm³/mol. The molecule has 15 heavy (non-hydrogen) atoms. The summed E-state index contributed by atoms with van der Waals surface area (Å²) in [6, 6.07) is 0. The first-order valence-corrected chi connectivity index (χ1v) is 6.67. The van der Waals surface area contributed by atoms with Crippen molar-refractivity contribution in [2.24, 2.45) is 11.3 Å². The second-order valence-electron chi connectivity index (χ2n) is 4.04. The van der Waals surface area contributed by atoms with Gasteiger partial charge in [0.2, 0.25) is 0 Å². The minimum atomic E-state index is -0.516. The zero-order valence-electron chi connectivity index (χ0n) is 9.20. The number of hydrogen-bond acceptors (Lipinski definition) is 2. The van der Waals surface area contributed by atoms with Crippen molar-refractivity contribution in [3.05, 3.63) is 24.3 Å². The monoisotopic (exact) mass is 320 g/mol. The number of hydrogen-bond donors (Lipinski definition) is 0. The van der Waals surface area contributed by atoms with E-state index in [2.05, 4.69) is 29.5 Å². The van der Waals surface area contributed by atoms with Gasteiger partial charge in [0.25, 0.3) is 0 Å². The first-order valence-electron chi connectivity index (χ1n) is 5.14. The van der Waals surface area contributed by atoms with Crippen LogP contribution in [0.3, 0.4) is 0 Å². The zero-order valence-corrected chi connectivity index (χ0v) is 11.4.